The monoisotopic (exact) mass is 718 g/mol. The maximum Gasteiger partial charge on any atom is 0.129 e. The second-order valence-electron chi connectivity index (χ2n) is 14.2. The van der Waals surface area contributed by atoms with Crippen LogP contribution in [0.25, 0.3) is 22.3 Å². The first kappa shape index (κ1) is 38.2. The van der Waals surface area contributed by atoms with Gasteiger partial charge in [0.05, 0.1) is 22.3 Å². The van der Waals surface area contributed by atoms with E-state index < -0.39 is 16.1 Å². The Kier molecular flexibility index (Phi) is 13.1. The number of hydrogen-bond donors (Lipinski definition) is 0. The molecule has 0 amide bonds. The molecule has 0 aliphatic heterocycles. The molecule has 0 nitrogen and oxygen atoms in total. The second-order valence-corrected chi connectivity index (χ2v) is 23.7. The van der Waals surface area contributed by atoms with Gasteiger partial charge >= 0.3 is 0 Å². The molecule has 1 aliphatic rings. The van der Waals surface area contributed by atoms with Gasteiger partial charge in [-0.15, -0.1) is 11.1 Å². The van der Waals surface area contributed by atoms with Crippen molar-refractivity contribution in [2.45, 2.75) is 39.3 Å². The van der Waals surface area contributed by atoms with Gasteiger partial charge < -0.3 is 0 Å². The molecule has 0 aromatic heterocycles. The van der Waals surface area contributed by atoms with Crippen LogP contribution in [-0.2, 0) is 0 Å². The summed E-state index contributed by atoms with van der Waals surface area (Å²) in [6, 6.07) is 39.8. The SMILES string of the molecule is C[Si](C)(C)C#CC1=C=C=C(c2ccccc2)C#CC(c2ccccc2)=C=C=C(C#C[Si](C)(C)C)C#CC(c2ccccc2)=C=C=C(c2ccccc2)C#C1. The van der Waals surface area contributed by atoms with Crippen LogP contribution >= 0.6 is 0 Å². The van der Waals surface area contributed by atoms with Gasteiger partial charge in [0.15, 0.2) is 0 Å². The minimum absolute atomic E-state index is 0.503. The van der Waals surface area contributed by atoms with E-state index in [1.54, 1.807) is 0 Å². The highest BCUT2D eigenvalue weighted by molar-refractivity contribution is 6.84. The molecule has 2 heteroatoms. The van der Waals surface area contributed by atoms with Gasteiger partial charge in [-0.1, -0.05) is 219 Å². The molecule has 0 spiro atoms. The fourth-order valence-corrected chi connectivity index (χ4v) is 5.56. The minimum atomic E-state index is -1.76. The zero-order chi connectivity index (χ0) is 38.2. The smallest absolute Gasteiger partial charge is 0.125 e. The van der Waals surface area contributed by atoms with E-state index in [0.29, 0.717) is 33.4 Å². The molecular weight excluding hydrogens is 681 g/mol. The quantitative estimate of drug-likeness (QED) is 0.112. The highest BCUT2D eigenvalue weighted by atomic mass is 28.3. The third-order valence-corrected chi connectivity index (χ3v) is 9.00. The van der Waals surface area contributed by atoms with Crippen LogP contribution in [0, 0.1) is 58.5 Å². The van der Waals surface area contributed by atoms with Gasteiger partial charge in [-0.25, -0.2) is 0 Å². The molecule has 0 fully saturated rings. The summed E-state index contributed by atoms with van der Waals surface area (Å²) in [5.74, 6) is 26.6. The number of benzene rings is 4. The summed E-state index contributed by atoms with van der Waals surface area (Å²) in [5.41, 5.74) is 34.0. The van der Waals surface area contributed by atoms with Crippen molar-refractivity contribution in [1.82, 2.24) is 0 Å². The first-order chi connectivity index (χ1) is 26.0. The topological polar surface area (TPSA) is 0 Å². The van der Waals surface area contributed by atoms with E-state index >= 15 is 0 Å². The third kappa shape index (κ3) is 12.7. The van der Waals surface area contributed by atoms with Crippen LogP contribution in [0.15, 0.2) is 167 Å². The van der Waals surface area contributed by atoms with Crippen molar-refractivity contribution in [2.75, 3.05) is 0 Å². The van der Waals surface area contributed by atoms with Crippen molar-refractivity contribution >= 4 is 38.4 Å². The molecule has 4 aromatic carbocycles. The van der Waals surface area contributed by atoms with Gasteiger partial charge in [-0.3, -0.25) is 0 Å². The molecule has 0 saturated heterocycles. The van der Waals surface area contributed by atoms with Crippen molar-refractivity contribution in [3.8, 4) is 58.5 Å². The fraction of sp³-hybridized carbons (Fsp3) is 0.115. The van der Waals surface area contributed by atoms with Gasteiger partial charge in [-0.05, 0) is 45.6 Å². The zero-order valence-corrected chi connectivity index (χ0v) is 33.5. The van der Waals surface area contributed by atoms with Crippen LogP contribution in [0.2, 0.25) is 39.3 Å². The van der Waals surface area contributed by atoms with Crippen molar-refractivity contribution in [2.24, 2.45) is 0 Å². The zero-order valence-electron chi connectivity index (χ0n) is 31.5. The summed E-state index contributed by atoms with van der Waals surface area (Å²) in [6.45, 7) is 13.2. The van der Waals surface area contributed by atoms with Crippen LogP contribution < -0.4 is 0 Å². The van der Waals surface area contributed by atoms with Crippen molar-refractivity contribution in [3.05, 3.63) is 189 Å². The Hall–Kier alpha value is -6.99. The standard InChI is InChI=1S/C52H38Si2/c1-53(2,3)41-39-43-27-31-49(45-19-11-7-12-20-45)35-37-51(47-23-15-9-16-24-47)33-29-44(40-42-54(4,5)6)30-34-52(48-25-17-10-18-26-48)38-36-50(32-28-43)46-21-13-8-14-22-46/h7-26H,1-6H3. The van der Waals surface area contributed by atoms with Crippen LogP contribution in [0.1, 0.15) is 22.3 Å². The third-order valence-electron chi connectivity index (χ3n) is 7.25. The fourth-order valence-electron chi connectivity index (χ4n) is 4.56. The van der Waals surface area contributed by atoms with Crippen molar-refractivity contribution in [3.63, 3.8) is 0 Å². The number of hydrogen-bond acceptors (Lipinski definition) is 0. The van der Waals surface area contributed by atoms with Crippen LogP contribution in [-0.4, -0.2) is 16.1 Å². The Morgan fingerprint density at radius 3 is 0.815 bits per heavy atom. The molecule has 0 heterocycles. The molecule has 254 valence electrons. The van der Waals surface area contributed by atoms with Gasteiger partial charge in [0, 0.05) is 0 Å². The molecule has 0 N–H and O–H groups in total. The van der Waals surface area contributed by atoms with Gasteiger partial charge in [-0.2, -0.15) is 0 Å². The van der Waals surface area contributed by atoms with Crippen molar-refractivity contribution < 1.29 is 0 Å². The highest BCUT2D eigenvalue weighted by Crippen LogP contribution is 2.17. The van der Waals surface area contributed by atoms with E-state index in [9.17, 15) is 0 Å². The number of allylic oxidation sites excluding steroid dienone is 6. The van der Waals surface area contributed by atoms with E-state index in [2.05, 4.69) is 132 Å². The number of rotatable bonds is 4. The Morgan fingerprint density at radius 2 is 0.556 bits per heavy atom. The van der Waals surface area contributed by atoms with E-state index in [0.717, 1.165) is 22.3 Å². The highest BCUT2D eigenvalue weighted by Gasteiger charge is 2.09. The lowest BCUT2D eigenvalue weighted by atomic mass is 10.0. The Balaban J connectivity index is 2.01. The summed E-state index contributed by atoms with van der Waals surface area (Å²) in [5, 5.41) is 0. The lowest BCUT2D eigenvalue weighted by molar-refractivity contribution is 1.63. The summed E-state index contributed by atoms with van der Waals surface area (Å²) in [7, 11) is -3.52. The summed E-state index contributed by atoms with van der Waals surface area (Å²) in [4.78, 5) is 0. The molecule has 1 aliphatic carbocycles. The molecule has 5 rings (SSSR count). The minimum Gasteiger partial charge on any atom is -0.125 e. The van der Waals surface area contributed by atoms with Gasteiger partial charge in [0.2, 0.25) is 0 Å². The molecule has 0 bridgehead atoms. The average Bonchev–Trinajstić information content (AvgIpc) is 3.17. The molecule has 0 atom stereocenters. The summed E-state index contributed by atoms with van der Waals surface area (Å²) < 4.78 is 0. The van der Waals surface area contributed by atoms with Crippen LogP contribution in [0.3, 0.4) is 0 Å². The summed E-state index contributed by atoms with van der Waals surface area (Å²) >= 11 is 0. The predicted molar refractivity (Wildman–Crippen MR) is 233 cm³/mol. The van der Waals surface area contributed by atoms with E-state index in [1.807, 2.05) is 121 Å². The van der Waals surface area contributed by atoms with E-state index in [1.165, 1.54) is 0 Å². The largest absolute Gasteiger partial charge is 0.129 e. The lowest BCUT2D eigenvalue weighted by Crippen LogP contribution is -2.16. The first-order valence-corrected chi connectivity index (χ1v) is 24.6. The maximum absolute atomic E-state index is 3.45. The molecule has 4 aromatic rings. The van der Waals surface area contributed by atoms with E-state index in [-0.39, 0.29) is 0 Å². The summed E-state index contributed by atoms with van der Waals surface area (Å²) in [6.07, 6.45) is 0. The predicted octanol–water partition coefficient (Wildman–Crippen LogP) is 11.2. The molecule has 54 heavy (non-hydrogen) atoms. The lowest BCUT2D eigenvalue weighted by Gasteiger charge is -2.02. The molecule has 0 radical (unpaired) electrons. The van der Waals surface area contributed by atoms with Gasteiger partial charge in [0.25, 0.3) is 0 Å². The first-order valence-electron chi connectivity index (χ1n) is 17.6. The second kappa shape index (κ2) is 18.5. The molecule has 0 saturated carbocycles. The van der Waals surface area contributed by atoms with Crippen molar-refractivity contribution in [1.29, 1.82) is 0 Å². The van der Waals surface area contributed by atoms with E-state index in [4.69, 9.17) is 0 Å². The Labute approximate surface area is 323 Å². The maximum atomic E-state index is 3.45. The van der Waals surface area contributed by atoms with Crippen LogP contribution in [0.5, 0.6) is 0 Å². The normalized spacial score (nSPS) is 12.5. The average molecular weight is 719 g/mol. The Bertz CT molecular complexity index is 2510. The molecule has 0 unspecified atom stereocenters. The Morgan fingerprint density at radius 1 is 0.315 bits per heavy atom. The van der Waals surface area contributed by atoms with Gasteiger partial charge in [0.1, 0.15) is 27.3 Å². The molecular formula is C52H38Si2. The van der Waals surface area contributed by atoms with Crippen LogP contribution in [0.4, 0.5) is 0 Å².